The van der Waals surface area contributed by atoms with Crippen molar-refractivity contribution in [1.29, 1.82) is 0 Å². The predicted molar refractivity (Wildman–Crippen MR) is 95.3 cm³/mol. The molecule has 0 radical (unpaired) electrons. The molecule has 23 heavy (non-hydrogen) atoms. The Bertz CT molecular complexity index is 428. The Kier molecular flexibility index (Phi) is 4.64. The van der Waals surface area contributed by atoms with Gasteiger partial charge in [-0.1, -0.05) is 27.2 Å². The number of rotatable bonds is 3. The first-order chi connectivity index (χ1) is 10.8. The first kappa shape index (κ1) is 17.7. The highest BCUT2D eigenvalue weighted by atomic mass is 16.5. The summed E-state index contributed by atoms with van der Waals surface area (Å²) in [5.41, 5.74) is 0.383. The van der Waals surface area contributed by atoms with Crippen molar-refractivity contribution in [2.75, 3.05) is 13.7 Å². The third kappa shape index (κ3) is 2.88. The summed E-state index contributed by atoms with van der Waals surface area (Å²) in [6.45, 7) is 10.4. The van der Waals surface area contributed by atoms with Crippen molar-refractivity contribution in [3.8, 4) is 0 Å². The summed E-state index contributed by atoms with van der Waals surface area (Å²) in [6, 6.07) is 0. The van der Waals surface area contributed by atoms with Gasteiger partial charge in [-0.3, -0.25) is 0 Å². The molecule has 3 aliphatic carbocycles. The van der Waals surface area contributed by atoms with E-state index >= 15 is 0 Å². The minimum absolute atomic E-state index is 0.337. The quantitative estimate of drug-likeness (QED) is 0.788. The third-order valence-corrected chi connectivity index (χ3v) is 8.21. The maximum absolute atomic E-state index is 10.6. The second-order valence-electron chi connectivity index (χ2n) is 9.95. The van der Waals surface area contributed by atoms with Gasteiger partial charge in [0.15, 0.2) is 0 Å². The van der Waals surface area contributed by atoms with E-state index in [1.54, 1.807) is 0 Å². The highest BCUT2D eigenvalue weighted by Gasteiger charge is 2.58. The minimum Gasteiger partial charge on any atom is -0.390 e. The molecule has 0 aromatic carbocycles. The van der Waals surface area contributed by atoms with Crippen LogP contribution >= 0.6 is 0 Å². The second kappa shape index (κ2) is 6.02. The van der Waals surface area contributed by atoms with Gasteiger partial charge in [0.2, 0.25) is 0 Å². The van der Waals surface area contributed by atoms with Crippen LogP contribution in [0.5, 0.6) is 0 Å². The highest BCUT2D eigenvalue weighted by Crippen LogP contribution is 2.64. The van der Waals surface area contributed by atoms with E-state index in [0.29, 0.717) is 16.7 Å². The van der Waals surface area contributed by atoms with E-state index in [1.807, 2.05) is 7.11 Å². The van der Waals surface area contributed by atoms with Crippen LogP contribution in [0.4, 0.5) is 0 Å². The van der Waals surface area contributed by atoms with Gasteiger partial charge in [0.1, 0.15) is 0 Å². The topological polar surface area (TPSA) is 29.5 Å². The fraction of sp³-hybridized carbons (Fsp3) is 1.00. The summed E-state index contributed by atoms with van der Waals surface area (Å²) in [5, 5.41) is 10.6. The summed E-state index contributed by atoms with van der Waals surface area (Å²) >= 11 is 0. The maximum atomic E-state index is 10.6. The van der Waals surface area contributed by atoms with E-state index in [-0.39, 0.29) is 0 Å². The Labute approximate surface area is 143 Å². The second-order valence-corrected chi connectivity index (χ2v) is 9.95. The van der Waals surface area contributed by atoms with Crippen LogP contribution in [0.1, 0.15) is 79.1 Å². The molecule has 134 valence electrons. The molecule has 2 nitrogen and oxygen atoms in total. The first-order valence-electron chi connectivity index (χ1n) is 9.97. The number of fused-ring (bicyclic) bond motifs is 3. The van der Waals surface area contributed by atoms with E-state index in [0.717, 1.165) is 43.6 Å². The molecule has 3 saturated carbocycles. The summed E-state index contributed by atoms with van der Waals surface area (Å²) in [6.07, 6.45) is 9.83. The molecule has 0 spiro atoms. The Morgan fingerprint density at radius 1 is 1.04 bits per heavy atom. The van der Waals surface area contributed by atoms with Gasteiger partial charge in [-0.15, -0.1) is 0 Å². The largest absolute Gasteiger partial charge is 0.390 e. The van der Waals surface area contributed by atoms with Crippen molar-refractivity contribution in [2.24, 2.45) is 34.5 Å². The lowest BCUT2D eigenvalue weighted by molar-refractivity contribution is -0.173. The van der Waals surface area contributed by atoms with E-state index in [9.17, 15) is 5.11 Å². The van der Waals surface area contributed by atoms with Crippen molar-refractivity contribution in [3.05, 3.63) is 0 Å². The Hall–Kier alpha value is -0.0800. The molecule has 2 heteroatoms. The molecule has 6 atom stereocenters. The molecule has 0 saturated heterocycles. The molecule has 0 bridgehead atoms. The lowest BCUT2D eigenvalue weighted by Crippen LogP contribution is -2.58. The highest BCUT2D eigenvalue weighted by molar-refractivity contribution is 5.08. The summed E-state index contributed by atoms with van der Waals surface area (Å²) in [7, 11) is 1.88. The van der Waals surface area contributed by atoms with Crippen molar-refractivity contribution in [1.82, 2.24) is 0 Å². The maximum Gasteiger partial charge on any atom is 0.0622 e. The van der Waals surface area contributed by atoms with Gasteiger partial charge in [-0.05, 0) is 86.4 Å². The van der Waals surface area contributed by atoms with Crippen molar-refractivity contribution >= 4 is 0 Å². The van der Waals surface area contributed by atoms with Crippen LogP contribution in [-0.4, -0.2) is 24.4 Å². The zero-order valence-corrected chi connectivity index (χ0v) is 16.0. The monoisotopic (exact) mass is 322 g/mol. The normalized spacial score (nSPS) is 49.3. The van der Waals surface area contributed by atoms with Crippen LogP contribution in [0, 0.1) is 34.5 Å². The average molecular weight is 323 g/mol. The van der Waals surface area contributed by atoms with E-state index in [1.165, 1.54) is 32.1 Å². The number of hydrogen-bond acceptors (Lipinski definition) is 2. The van der Waals surface area contributed by atoms with E-state index in [2.05, 4.69) is 27.7 Å². The molecule has 0 aromatic rings. The van der Waals surface area contributed by atoms with Crippen LogP contribution in [0.3, 0.4) is 0 Å². The fourth-order valence-electron chi connectivity index (χ4n) is 7.14. The standard InChI is InChI=1S/C21H38O2/c1-6-17-16-8-7-15-13-20(4,22)11-12-21(15,14-23-5)18(16)9-10-19(17,2)3/h15-18,22H,6-14H2,1-5H3/t15-,16+,17+,18+,20-,21-/m1/s1. The summed E-state index contributed by atoms with van der Waals surface area (Å²) in [5.74, 6) is 3.21. The van der Waals surface area contributed by atoms with Gasteiger partial charge in [0.25, 0.3) is 0 Å². The smallest absolute Gasteiger partial charge is 0.0622 e. The van der Waals surface area contributed by atoms with Gasteiger partial charge < -0.3 is 9.84 Å². The number of hydrogen-bond donors (Lipinski definition) is 1. The van der Waals surface area contributed by atoms with E-state index < -0.39 is 5.60 Å². The lowest BCUT2D eigenvalue weighted by atomic mass is 9.43. The minimum atomic E-state index is -0.452. The van der Waals surface area contributed by atoms with Crippen LogP contribution in [0.15, 0.2) is 0 Å². The molecular weight excluding hydrogens is 284 g/mol. The average Bonchev–Trinajstić information content (AvgIpc) is 2.46. The molecule has 0 aromatic heterocycles. The van der Waals surface area contributed by atoms with Crippen molar-refractivity contribution in [2.45, 2.75) is 84.7 Å². The predicted octanol–water partition coefficient (Wildman–Crippen LogP) is 5.04. The molecule has 0 unspecified atom stereocenters. The van der Waals surface area contributed by atoms with Crippen LogP contribution in [-0.2, 0) is 4.74 Å². The Balaban J connectivity index is 1.92. The number of ether oxygens (including phenoxy) is 1. The van der Waals surface area contributed by atoms with Crippen molar-refractivity contribution < 1.29 is 9.84 Å². The molecule has 3 fully saturated rings. The Morgan fingerprint density at radius 2 is 1.78 bits per heavy atom. The van der Waals surface area contributed by atoms with Crippen molar-refractivity contribution in [3.63, 3.8) is 0 Å². The molecule has 0 heterocycles. The molecule has 0 aliphatic heterocycles. The lowest BCUT2D eigenvalue weighted by Gasteiger charge is -2.62. The first-order valence-corrected chi connectivity index (χ1v) is 9.97. The zero-order valence-electron chi connectivity index (χ0n) is 16.0. The van der Waals surface area contributed by atoms with Gasteiger partial charge >= 0.3 is 0 Å². The van der Waals surface area contributed by atoms with E-state index in [4.69, 9.17) is 4.74 Å². The number of methoxy groups -OCH3 is 1. The van der Waals surface area contributed by atoms with Gasteiger partial charge in [0.05, 0.1) is 12.2 Å². The SMILES string of the molecule is CC[C@H]1[C@@H]2CC[C@@H]3C[C@](C)(O)CC[C@]3(COC)[C@H]2CCC1(C)C. The molecule has 1 N–H and O–H groups in total. The molecule has 3 aliphatic rings. The molecule has 3 rings (SSSR count). The van der Waals surface area contributed by atoms with Gasteiger partial charge in [-0.25, -0.2) is 0 Å². The summed E-state index contributed by atoms with van der Waals surface area (Å²) < 4.78 is 5.80. The van der Waals surface area contributed by atoms with Crippen LogP contribution < -0.4 is 0 Å². The molecule has 0 amide bonds. The number of aliphatic hydroxyl groups is 1. The summed E-state index contributed by atoms with van der Waals surface area (Å²) in [4.78, 5) is 0. The molecular formula is C21H38O2. The van der Waals surface area contributed by atoms with Gasteiger partial charge in [0, 0.05) is 7.11 Å². The fourth-order valence-corrected chi connectivity index (χ4v) is 7.14. The third-order valence-electron chi connectivity index (χ3n) is 8.21. The van der Waals surface area contributed by atoms with Crippen LogP contribution in [0.2, 0.25) is 0 Å². The van der Waals surface area contributed by atoms with Gasteiger partial charge in [-0.2, -0.15) is 0 Å². The zero-order chi connectivity index (χ0) is 16.9. The van der Waals surface area contributed by atoms with Crippen LogP contribution in [0.25, 0.3) is 0 Å². The Morgan fingerprint density at radius 3 is 2.43 bits per heavy atom.